The molecule has 1 atom stereocenters. The van der Waals surface area contributed by atoms with Gasteiger partial charge in [0.2, 0.25) is 0 Å². The van der Waals surface area contributed by atoms with E-state index in [0.29, 0.717) is 28.3 Å². The Morgan fingerprint density at radius 1 is 1.14 bits per heavy atom. The molecular formula is C26H23ClFN7O. The number of benzene rings is 1. The maximum atomic E-state index is 14.6. The van der Waals surface area contributed by atoms with Gasteiger partial charge in [-0.1, -0.05) is 29.8 Å². The predicted molar refractivity (Wildman–Crippen MR) is 137 cm³/mol. The summed E-state index contributed by atoms with van der Waals surface area (Å²) >= 11 is 5.98. The van der Waals surface area contributed by atoms with Gasteiger partial charge in [-0.25, -0.2) is 18.6 Å². The Labute approximate surface area is 211 Å². The van der Waals surface area contributed by atoms with Crippen molar-refractivity contribution in [2.24, 2.45) is 0 Å². The van der Waals surface area contributed by atoms with E-state index in [4.69, 9.17) is 16.7 Å². The number of fused-ring (bicyclic) bond motifs is 1. The van der Waals surface area contributed by atoms with Crippen LogP contribution in [0.15, 0.2) is 67.0 Å². The summed E-state index contributed by atoms with van der Waals surface area (Å²) < 4.78 is 18.0. The van der Waals surface area contributed by atoms with Gasteiger partial charge in [0.05, 0.1) is 34.0 Å². The smallest absolute Gasteiger partial charge is 0.254 e. The van der Waals surface area contributed by atoms with Gasteiger partial charge in [-0.05, 0) is 44.2 Å². The number of pyridine rings is 2. The first-order chi connectivity index (χ1) is 17.4. The van der Waals surface area contributed by atoms with Crippen molar-refractivity contribution >= 4 is 28.8 Å². The Morgan fingerprint density at radius 2 is 1.94 bits per heavy atom. The first-order valence-corrected chi connectivity index (χ1v) is 11.7. The fraction of sp³-hybridized carbons (Fsp3) is 0.154. The van der Waals surface area contributed by atoms with E-state index >= 15 is 0 Å². The molecule has 0 fully saturated rings. The van der Waals surface area contributed by atoms with E-state index in [0.717, 1.165) is 17.0 Å². The van der Waals surface area contributed by atoms with E-state index < -0.39 is 11.9 Å². The van der Waals surface area contributed by atoms with Crippen molar-refractivity contribution in [3.63, 3.8) is 0 Å². The molecule has 1 aromatic carbocycles. The number of carbonyl (C=O) groups excluding carboxylic acids is 1. The molecule has 0 saturated carbocycles. The molecular weight excluding hydrogens is 481 g/mol. The number of nitrogens with zero attached hydrogens (tertiary/aromatic N) is 5. The predicted octanol–water partition coefficient (Wildman–Crippen LogP) is 5.22. The SMILES string of the molecule is CNC(=O)c1cnn2ccc(-c3cc(NC(C)c4cccc(Cl)c4F)nn3-c3cccc(C)n3)cc12. The molecule has 2 N–H and O–H groups in total. The van der Waals surface area contributed by atoms with Crippen LogP contribution in [-0.4, -0.2) is 37.3 Å². The summed E-state index contributed by atoms with van der Waals surface area (Å²) in [4.78, 5) is 17.0. The van der Waals surface area contributed by atoms with Gasteiger partial charge in [-0.15, -0.1) is 5.10 Å². The minimum Gasteiger partial charge on any atom is -0.362 e. The highest BCUT2D eigenvalue weighted by molar-refractivity contribution is 6.30. The van der Waals surface area contributed by atoms with Gasteiger partial charge in [0.1, 0.15) is 11.6 Å². The van der Waals surface area contributed by atoms with Crippen molar-refractivity contribution < 1.29 is 9.18 Å². The molecule has 182 valence electrons. The molecule has 0 aliphatic carbocycles. The molecule has 10 heteroatoms. The van der Waals surface area contributed by atoms with Gasteiger partial charge in [-0.3, -0.25) is 4.79 Å². The van der Waals surface area contributed by atoms with E-state index in [1.54, 1.807) is 34.6 Å². The van der Waals surface area contributed by atoms with Crippen LogP contribution in [-0.2, 0) is 0 Å². The van der Waals surface area contributed by atoms with Gasteiger partial charge in [0.25, 0.3) is 5.91 Å². The van der Waals surface area contributed by atoms with E-state index in [9.17, 15) is 9.18 Å². The highest BCUT2D eigenvalue weighted by Crippen LogP contribution is 2.30. The average molecular weight is 504 g/mol. The van der Waals surface area contributed by atoms with E-state index in [1.165, 1.54) is 12.3 Å². The minimum absolute atomic E-state index is 0.0670. The Kier molecular flexibility index (Phi) is 6.15. The number of hydrogen-bond acceptors (Lipinski definition) is 5. The molecule has 0 radical (unpaired) electrons. The van der Waals surface area contributed by atoms with E-state index in [-0.39, 0.29) is 10.9 Å². The molecule has 36 heavy (non-hydrogen) atoms. The second kappa shape index (κ2) is 9.43. The number of aromatic nitrogens is 5. The number of amides is 1. The first-order valence-electron chi connectivity index (χ1n) is 11.3. The first kappa shape index (κ1) is 23.5. The quantitative estimate of drug-likeness (QED) is 0.332. The van der Waals surface area contributed by atoms with Crippen molar-refractivity contribution in [3.8, 4) is 17.1 Å². The van der Waals surface area contributed by atoms with Crippen molar-refractivity contribution in [1.82, 2.24) is 29.7 Å². The third-order valence-electron chi connectivity index (χ3n) is 5.90. The van der Waals surface area contributed by atoms with E-state index in [1.807, 2.05) is 50.2 Å². The molecule has 5 aromatic rings. The van der Waals surface area contributed by atoms with E-state index in [2.05, 4.69) is 20.7 Å². The third kappa shape index (κ3) is 4.29. The molecule has 4 heterocycles. The molecule has 0 saturated heterocycles. The maximum absolute atomic E-state index is 14.6. The second-order valence-electron chi connectivity index (χ2n) is 8.36. The van der Waals surface area contributed by atoms with Crippen LogP contribution in [0.3, 0.4) is 0 Å². The number of aryl methyl sites for hydroxylation is 1. The second-order valence-corrected chi connectivity index (χ2v) is 8.76. The van der Waals surface area contributed by atoms with Gasteiger partial charge in [-0.2, -0.15) is 5.10 Å². The molecule has 1 amide bonds. The summed E-state index contributed by atoms with van der Waals surface area (Å²) in [6, 6.07) is 15.8. The zero-order valence-corrected chi connectivity index (χ0v) is 20.6. The van der Waals surface area contributed by atoms with Gasteiger partial charge < -0.3 is 10.6 Å². The Balaban J connectivity index is 1.61. The van der Waals surface area contributed by atoms with Crippen molar-refractivity contribution in [3.05, 3.63) is 94.7 Å². The van der Waals surface area contributed by atoms with Crippen LogP contribution in [0.5, 0.6) is 0 Å². The fourth-order valence-electron chi connectivity index (χ4n) is 4.08. The number of anilines is 1. The molecule has 8 nitrogen and oxygen atoms in total. The van der Waals surface area contributed by atoms with Crippen LogP contribution < -0.4 is 10.6 Å². The van der Waals surface area contributed by atoms with Crippen LogP contribution in [0.2, 0.25) is 5.02 Å². The number of hydrogen-bond donors (Lipinski definition) is 2. The maximum Gasteiger partial charge on any atom is 0.254 e. The Hall–Kier alpha value is -4.24. The lowest BCUT2D eigenvalue weighted by Crippen LogP contribution is -2.17. The molecule has 4 aromatic heterocycles. The lowest BCUT2D eigenvalue weighted by molar-refractivity contribution is 0.0964. The fourth-order valence-corrected chi connectivity index (χ4v) is 4.26. The van der Waals surface area contributed by atoms with Crippen LogP contribution in [0.4, 0.5) is 10.2 Å². The topological polar surface area (TPSA) is 89.1 Å². The number of rotatable bonds is 6. The molecule has 1 unspecified atom stereocenters. The normalized spacial score (nSPS) is 12.0. The summed E-state index contributed by atoms with van der Waals surface area (Å²) in [6.07, 6.45) is 3.32. The molecule has 0 spiro atoms. The minimum atomic E-state index is -0.466. The lowest BCUT2D eigenvalue weighted by atomic mass is 10.1. The standard InChI is InChI=1S/C26H23ClFN7O/c1-15-6-4-9-24(31-15)35-21(17-10-11-34-22(12-17)19(14-30-34)26(36)29-3)13-23(33-35)32-16(2)18-7-5-8-20(27)25(18)28/h4-14,16H,1-3H3,(H,29,36)(H,32,33). The monoisotopic (exact) mass is 503 g/mol. The number of carbonyl (C=O) groups is 1. The highest BCUT2D eigenvalue weighted by atomic mass is 35.5. The van der Waals surface area contributed by atoms with Gasteiger partial charge in [0, 0.05) is 36.1 Å². The van der Waals surface area contributed by atoms with Crippen LogP contribution in [0, 0.1) is 12.7 Å². The summed E-state index contributed by atoms with van der Waals surface area (Å²) in [7, 11) is 1.58. The zero-order chi connectivity index (χ0) is 25.4. The van der Waals surface area contributed by atoms with Crippen molar-refractivity contribution in [2.45, 2.75) is 19.9 Å². The highest BCUT2D eigenvalue weighted by Gasteiger charge is 2.19. The van der Waals surface area contributed by atoms with Crippen LogP contribution in [0.1, 0.15) is 34.6 Å². The Morgan fingerprint density at radius 3 is 2.72 bits per heavy atom. The summed E-state index contributed by atoms with van der Waals surface area (Å²) in [5.74, 6) is 0.461. The molecule has 0 aliphatic rings. The molecule has 0 bridgehead atoms. The van der Waals surface area contributed by atoms with Crippen LogP contribution >= 0.6 is 11.6 Å². The lowest BCUT2D eigenvalue weighted by Gasteiger charge is -2.15. The average Bonchev–Trinajstić information content (AvgIpc) is 3.49. The zero-order valence-electron chi connectivity index (χ0n) is 19.8. The van der Waals surface area contributed by atoms with Gasteiger partial charge in [0.15, 0.2) is 5.82 Å². The molecule has 0 aliphatic heterocycles. The third-order valence-corrected chi connectivity index (χ3v) is 6.19. The summed E-state index contributed by atoms with van der Waals surface area (Å²) in [5.41, 5.74) is 3.93. The summed E-state index contributed by atoms with van der Waals surface area (Å²) in [5, 5.41) is 15.0. The Bertz CT molecular complexity index is 1590. The molecule has 5 rings (SSSR count). The number of halogens is 2. The summed E-state index contributed by atoms with van der Waals surface area (Å²) in [6.45, 7) is 3.75. The number of nitrogens with one attached hydrogen (secondary N) is 2. The van der Waals surface area contributed by atoms with Crippen molar-refractivity contribution in [2.75, 3.05) is 12.4 Å². The largest absolute Gasteiger partial charge is 0.362 e. The van der Waals surface area contributed by atoms with Crippen molar-refractivity contribution in [1.29, 1.82) is 0 Å². The van der Waals surface area contributed by atoms with Gasteiger partial charge >= 0.3 is 0 Å². The van der Waals surface area contributed by atoms with Crippen LogP contribution in [0.25, 0.3) is 22.6 Å².